The zero-order chi connectivity index (χ0) is 13.5. The highest BCUT2D eigenvalue weighted by atomic mass is 16.4. The molecule has 0 radical (unpaired) electrons. The van der Waals surface area contributed by atoms with Gasteiger partial charge in [0.05, 0.1) is 12.5 Å². The van der Waals surface area contributed by atoms with Gasteiger partial charge >= 0.3 is 5.97 Å². The Morgan fingerprint density at radius 3 is 2.39 bits per heavy atom. The number of phenolic OH excluding ortho intramolecular Hbond substituents is 1. The third-order valence-electron chi connectivity index (χ3n) is 2.61. The Balaban J connectivity index is 2.41. The van der Waals surface area contributed by atoms with Crippen LogP contribution in [0.15, 0.2) is 24.3 Å². The number of hydrogen-bond acceptors (Lipinski definition) is 4. The number of nitrogens with one attached hydrogen (secondary N) is 1. The highest BCUT2D eigenvalue weighted by Crippen LogP contribution is 2.09. The monoisotopic (exact) mass is 251 g/mol. The van der Waals surface area contributed by atoms with Gasteiger partial charge in [-0.1, -0.05) is 12.1 Å². The number of carboxylic acids is 1. The molecule has 5 nitrogen and oxygen atoms in total. The van der Waals surface area contributed by atoms with Crippen molar-refractivity contribution in [3.63, 3.8) is 0 Å². The SMILES string of the molecule is CC(=O)C(CC(=O)O)NCCc1ccc(O)cc1. The number of phenols is 1. The van der Waals surface area contributed by atoms with Gasteiger partial charge in [-0.05, 0) is 37.6 Å². The van der Waals surface area contributed by atoms with Crippen LogP contribution in [0.1, 0.15) is 18.9 Å². The Morgan fingerprint density at radius 1 is 1.28 bits per heavy atom. The normalized spacial score (nSPS) is 12.1. The van der Waals surface area contributed by atoms with Crippen LogP contribution in [0.2, 0.25) is 0 Å². The number of hydrogen-bond donors (Lipinski definition) is 3. The van der Waals surface area contributed by atoms with Crippen molar-refractivity contribution in [1.82, 2.24) is 5.32 Å². The Hall–Kier alpha value is -1.88. The van der Waals surface area contributed by atoms with E-state index in [4.69, 9.17) is 10.2 Å². The zero-order valence-electron chi connectivity index (χ0n) is 10.2. The number of carbonyl (C=O) groups excluding carboxylic acids is 1. The standard InChI is InChI=1S/C13H17NO4/c1-9(15)12(8-13(17)18)14-7-6-10-2-4-11(16)5-3-10/h2-5,12,14,16H,6-8H2,1H3,(H,17,18). The van der Waals surface area contributed by atoms with Gasteiger partial charge < -0.3 is 15.5 Å². The third-order valence-corrected chi connectivity index (χ3v) is 2.61. The lowest BCUT2D eigenvalue weighted by Gasteiger charge is -2.13. The second-order valence-electron chi connectivity index (χ2n) is 4.13. The van der Waals surface area contributed by atoms with E-state index in [1.807, 2.05) is 0 Å². The molecule has 0 spiro atoms. The summed E-state index contributed by atoms with van der Waals surface area (Å²) in [6.45, 7) is 1.89. The number of aliphatic carboxylic acids is 1. The van der Waals surface area contributed by atoms with Crippen LogP contribution in [-0.4, -0.2) is 34.6 Å². The van der Waals surface area contributed by atoms with Crippen LogP contribution < -0.4 is 5.32 Å². The number of carbonyl (C=O) groups is 2. The second-order valence-corrected chi connectivity index (χ2v) is 4.13. The topological polar surface area (TPSA) is 86.6 Å². The molecule has 1 aromatic rings. The van der Waals surface area contributed by atoms with E-state index in [1.165, 1.54) is 6.92 Å². The molecule has 98 valence electrons. The highest BCUT2D eigenvalue weighted by molar-refractivity contribution is 5.85. The molecule has 0 saturated heterocycles. The van der Waals surface area contributed by atoms with Crippen molar-refractivity contribution in [2.24, 2.45) is 0 Å². The maximum atomic E-state index is 11.2. The van der Waals surface area contributed by atoms with Gasteiger partial charge in [0.15, 0.2) is 0 Å². The average Bonchev–Trinajstić information content (AvgIpc) is 2.29. The first-order valence-corrected chi connectivity index (χ1v) is 5.72. The molecule has 0 aliphatic heterocycles. The number of aromatic hydroxyl groups is 1. The van der Waals surface area contributed by atoms with Crippen LogP contribution >= 0.6 is 0 Å². The van der Waals surface area contributed by atoms with Crippen molar-refractivity contribution in [2.45, 2.75) is 25.8 Å². The summed E-state index contributed by atoms with van der Waals surface area (Å²) >= 11 is 0. The predicted molar refractivity (Wildman–Crippen MR) is 66.5 cm³/mol. The van der Waals surface area contributed by atoms with E-state index in [0.29, 0.717) is 13.0 Å². The van der Waals surface area contributed by atoms with Crippen molar-refractivity contribution < 1.29 is 19.8 Å². The van der Waals surface area contributed by atoms with E-state index in [9.17, 15) is 9.59 Å². The summed E-state index contributed by atoms with van der Waals surface area (Å²) in [5.41, 5.74) is 1.01. The Morgan fingerprint density at radius 2 is 1.89 bits per heavy atom. The molecule has 1 rings (SSSR count). The lowest BCUT2D eigenvalue weighted by atomic mass is 10.1. The number of rotatable bonds is 7. The fraction of sp³-hybridized carbons (Fsp3) is 0.385. The quantitative estimate of drug-likeness (QED) is 0.672. The van der Waals surface area contributed by atoms with Gasteiger partial charge in [-0.3, -0.25) is 9.59 Å². The minimum absolute atomic E-state index is 0.178. The largest absolute Gasteiger partial charge is 0.508 e. The molecule has 1 atom stereocenters. The molecule has 0 fully saturated rings. The van der Waals surface area contributed by atoms with Crippen LogP contribution in [0.5, 0.6) is 5.75 Å². The molecule has 0 saturated carbocycles. The summed E-state index contributed by atoms with van der Waals surface area (Å²) in [4.78, 5) is 21.8. The molecular weight excluding hydrogens is 234 g/mol. The first-order valence-electron chi connectivity index (χ1n) is 5.72. The van der Waals surface area contributed by atoms with Crippen LogP contribution in [-0.2, 0) is 16.0 Å². The summed E-state index contributed by atoms with van der Waals surface area (Å²) in [7, 11) is 0. The number of Topliss-reactive ketones (excluding diaryl/α,β-unsaturated/α-hetero) is 1. The fourth-order valence-electron chi connectivity index (χ4n) is 1.59. The minimum atomic E-state index is -0.993. The van der Waals surface area contributed by atoms with E-state index in [1.54, 1.807) is 24.3 Å². The van der Waals surface area contributed by atoms with Gasteiger partial charge in [0.1, 0.15) is 11.5 Å². The van der Waals surface area contributed by atoms with E-state index in [0.717, 1.165) is 5.56 Å². The third kappa shape index (κ3) is 4.97. The van der Waals surface area contributed by atoms with Gasteiger partial charge in [-0.15, -0.1) is 0 Å². The smallest absolute Gasteiger partial charge is 0.305 e. The van der Waals surface area contributed by atoms with Crippen LogP contribution in [0, 0.1) is 0 Å². The molecule has 0 heterocycles. The van der Waals surface area contributed by atoms with Crippen LogP contribution in [0.25, 0.3) is 0 Å². The molecular formula is C13H17NO4. The number of benzene rings is 1. The molecule has 0 aliphatic rings. The minimum Gasteiger partial charge on any atom is -0.508 e. The predicted octanol–water partition coefficient (Wildman–Crippen LogP) is 0.957. The summed E-state index contributed by atoms with van der Waals surface area (Å²) in [5, 5.41) is 20.7. The Bertz CT molecular complexity index is 414. The van der Waals surface area contributed by atoms with E-state index >= 15 is 0 Å². The fourth-order valence-corrected chi connectivity index (χ4v) is 1.59. The lowest BCUT2D eigenvalue weighted by Crippen LogP contribution is -2.38. The molecule has 0 bridgehead atoms. The second kappa shape index (κ2) is 6.76. The Kier molecular flexibility index (Phi) is 5.32. The molecule has 3 N–H and O–H groups in total. The zero-order valence-corrected chi connectivity index (χ0v) is 10.2. The molecule has 5 heteroatoms. The maximum Gasteiger partial charge on any atom is 0.305 e. The summed E-state index contributed by atoms with van der Waals surface area (Å²) in [6.07, 6.45) is 0.467. The van der Waals surface area contributed by atoms with Gasteiger partial charge in [-0.25, -0.2) is 0 Å². The van der Waals surface area contributed by atoms with E-state index in [-0.39, 0.29) is 18.0 Å². The van der Waals surface area contributed by atoms with Crippen molar-refractivity contribution in [3.05, 3.63) is 29.8 Å². The number of ketones is 1. The van der Waals surface area contributed by atoms with Gasteiger partial charge in [0.25, 0.3) is 0 Å². The lowest BCUT2D eigenvalue weighted by molar-refractivity contribution is -0.139. The van der Waals surface area contributed by atoms with Crippen LogP contribution in [0.3, 0.4) is 0 Å². The van der Waals surface area contributed by atoms with Gasteiger partial charge in [0, 0.05) is 0 Å². The highest BCUT2D eigenvalue weighted by Gasteiger charge is 2.16. The molecule has 18 heavy (non-hydrogen) atoms. The van der Waals surface area contributed by atoms with Gasteiger partial charge in [-0.2, -0.15) is 0 Å². The molecule has 1 aromatic carbocycles. The maximum absolute atomic E-state index is 11.2. The summed E-state index contributed by atoms with van der Waals surface area (Å²) in [5.74, 6) is -0.963. The molecule has 0 amide bonds. The molecule has 0 aliphatic carbocycles. The van der Waals surface area contributed by atoms with E-state index in [2.05, 4.69) is 5.32 Å². The van der Waals surface area contributed by atoms with Crippen LogP contribution in [0.4, 0.5) is 0 Å². The van der Waals surface area contributed by atoms with Crippen molar-refractivity contribution >= 4 is 11.8 Å². The van der Waals surface area contributed by atoms with Crippen molar-refractivity contribution in [1.29, 1.82) is 0 Å². The van der Waals surface area contributed by atoms with Gasteiger partial charge in [0.2, 0.25) is 0 Å². The number of carboxylic acid groups (broad SMARTS) is 1. The van der Waals surface area contributed by atoms with E-state index < -0.39 is 12.0 Å². The molecule has 0 aromatic heterocycles. The molecule has 1 unspecified atom stereocenters. The summed E-state index contributed by atoms with van der Waals surface area (Å²) in [6, 6.07) is 6.12. The van der Waals surface area contributed by atoms with Crippen molar-refractivity contribution in [3.8, 4) is 5.75 Å². The summed E-state index contributed by atoms with van der Waals surface area (Å²) < 4.78 is 0. The first kappa shape index (κ1) is 14.2. The van der Waals surface area contributed by atoms with Crippen molar-refractivity contribution in [2.75, 3.05) is 6.54 Å². The average molecular weight is 251 g/mol. The first-order chi connectivity index (χ1) is 8.49. The Labute approximate surface area is 105 Å².